The molecule has 1 unspecified atom stereocenters. The lowest BCUT2D eigenvalue weighted by atomic mass is 10.5. The molecule has 0 aromatic carbocycles. The van der Waals surface area contributed by atoms with E-state index in [-0.39, 0.29) is 0 Å². The van der Waals surface area contributed by atoms with Crippen molar-refractivity contribution in [2.24, 2.45) is 0 Å². The quantitative estimate of drug-likeness (QED) is 0.536. The van der Waals surface area contributed by atoms with Gasteiger partial charge in [0.25, 0.3) is 0 Å². The second-order valence-electron chi connectivity index (χ2n) is 1.56. The molecule has 47 valence electrons. The highest BCUT2D eigenvalue weighted by atomic mass is 32.2. The summed E-state index contributed by atoms with van der Waals surface area (Å²) in [5, 5.41) is 0.581. The van der Waals surface area contributed by atoms with E-state index in [1.165, 1.54) is 0 Å². The first kappa shape index (κ1) is 6.58. The Hall–Kier alpha value is -0.540. The van der Waals surface area contributed by atoms with Gasteiger partial charge in [-0.15, -0.1) is 0 Å². The molecule has 1 heterocycles. The number of rotatable bonds is 1. The summed E-state index contributed by atoms with van der Waals surface area (Å²) in [7, 11) is 0. The lowest BCUT2D eigenvalue weighted by molar-refractivity contribution is 0.597. The van der Waals surface area contributed by atoms with E-state index in [1.54, 1.807) is 24.5 Å². The second-order valence-corrected chi connectivity index (χ2v) is 2.89. The number of aromatic nitrogens is 1. The fourth-order valence-electron chi connectivity index (χ4n) is 0.472. The normalized spacial score (nSPS) is 13.1. The van der Waals surface area contributed by atoms with Crippen LogP contribution >= 0.6 is 0 Å². The molecule has 1 aromatic rings. The van der Waals surface area contributed by atoms with Crippen molar-refractivity contribution in [2.75, 3.05) is 6.26 Å². The van der Waals surface area contributed by atoms with Gasteiger partial charge in [-0.25, -0.2) is 4.98 Å². The van der Waals surface area contributed by atoms with Crippen LogP contribution in [0.25, 0.3) is 0 Å². The average molecular weight is 140 g/mol. The molecule has 0 saturated carbocycles. The van der Waals surface area contributed by atoms with Gasteiger partial charge in [0.1, 0.15) is 6.26 Å². The van der Waals surface area contributed by atoms with Crippen LogP contribution in [0.5, 0.6) is 0 Å². The number of hydrogen-bond donors (Lipinski definition) is 0. The van der Waals surface area contributed by atoms with Crippen LogP contribution in [0.1, 0.15) is 0 Å². The molecule has 0 saturated heterocycles. The monoisotopic (exact) mass is 140 g/mol. The van der Waals surface area contributed by atoms with Crippen molar-refractivity contribution in [1.29, 1.82) is 0 Å². The molecule has 0 N–H and O–H groups in total. The van der Waals surface area contributed by atoms with Crippen molar-refractivity contribution < 1.29 is 4.55 Å². The molecule has 1 aromatic heterocycles. The second kappa shape index (κ2) is 2.85. The van der Waals surface area contributed by atoms with Gasteiger partial charge in [-0.1, -0.05) is 6.07 Å². The maximum Gasteiger partial charge on any atom is 0.244 e. The molecule has 1 rings (SSSR count). The fraction of sp³-hybridized carbons (Fsp3) is 0.167. The van der Waals surface area contributed by atoms with Crippen molar-refractivity contribution in [2.45, 2.75) is 5.03 Å². The van der Waals surface area contributed by atoms with Gasteiger partial charge in [-0.05, 0) is 6.07 Å². The minimum atomic E-state index is -0.971. The molecule has 3 heteroatoms. The molecule has 0 fully saturated rings. The maximum absolute atomic E-state index is 10.7. The highest BCUT2D eigenvalue weighted by Gasteiger charge is 2.01. The third-order valence-corrected chi connectivity index (χ3v) is 1.70. The van der Waals surface area contributed by atoms with Gasteiger partial charge in [-0.2, -0.15) is 0 Å². The summed E-state index contributed by atoms with van der Waals surface area (Å²) in [6.07, 6.45) is 4.19. The summed E-state index contributed by atoms with van der Waals surface area (Å²) >= 11 is -0.971. The van der Waals surface area contributed by atoms with Crippen LogP contribution in [0.15, 0.2) is 23.2 Å². The SMILES string of the molecule is C[S+]([O-])c1ccc[c]n1. The van der Waals surface area contributed by atoms with Gasteiger partial charge in [0.05, 0.1) is 6.20 Å². The molecule has 0 amide bonds. The van der Waals surface area contributed by atoms with E-state index in [9.17, 15) is 4.55 Å². The smallest absolute Gasteiger partial charge is 0.244 e. The molecule has 2 nitrogen and oxygen atoms in total. The third-order valence-electron chi connectivity index (χ3n) is 0.879. The van der Waals surface area contributed by atoms with E-state index in [1.807, 2.05) is 0 Å². The van der Waals surface area contributed by atoms with E-state index >= 15 is 0 Å². The summed E-state index contributed by atoms with van der Waals surface area (Å²) < 4.78 is 10.7. The zero-order valence-electron chi connectivity index (χ0n) is 5.00. The Balaban J connectivity index is 2.85. The van der Waals surface area contributed by atoms with Gasteiger partial charge in [0.15, 0.2) is 0 Å². The molecule has 1 atom stereocenters. The zero-order chi connectivity index (χ0) is 6.69. The van der Waals surface area contributed by atoms with Gasteiger partial charge in [0.2, 0.25) is 5.03 Å². The Morgan fingerprint density at radius 1 is 1.78 bits per heavy atom. The summed E-state index contributed by atoms with van der Waals surface area (Å²) in [5.41, 5.74) is 0. The summed E-state index contributed by atoms with van der Waals surface area (Å²) in [5.74, 6) is 0. The van der Waals surface area contributed by atoms with E-state index < -0.39 is 11.2 Å². The van der Waals surface area contributed by atoms with E-state index in [4.69, 9.17) is 0 Å². The van der Waals surface area contributed by atoms with Crippen molar-refractivity contribution in [3.63, 3.8) is 0 Å². The Morgan fingerprint density at radius 3 is 2.89 bits per heavy atom. The summed E-state index contributed by atoms with van der Waals surface area (Å²) in [4.78, 5) is 3.75. The average Bonchev–Trinajstić information content (AvgIpc) is 1.90. The van der Waals surface area contributed by atoms with Crippen LogP contribution in [0.4, 0.5) is 0 Å². The summed E-state index contributed by atoms with van der Waals surface area (Å²) in [6, 6.07) is 5.16. The van der Waals surface area contributed by atoms with Crippen LogP contribution < -0.4 is 0 Å². The van der Waals surface area contributed by atoms with Crippen LogP contribution in [-0.2, 0) is 11.2 Å². The summed E-state index contributed by atoms with van der Waals surface area (Å²) in [6.45, 7) is 0. The lowest BCUT2D eigenvalue weighted by Gasteiger charge is -1.99. The van der Waals surface area contributed by atoms with Crippen molar-refractivity contribution >= 4 is 11.2 Å². The van der Waals surface area contributed by atoms with Crippen LogP contribution in [0.2, 0.25) is 0 Å². The molecule has 0 aliphatic rings. The largest absolute Gasteiger partial charge is 0.610 e. The molecular formula is C6H6NOS. The Kier molecular flexibility index (Phi) is 2.08. The topological polar surface area (TPSA) is 36.0 Å². The molecule has 0 aliphatic heterocycles. The highest BCUT2D eigenvalue weighted by Crippen LogP contribution is 2.00. The van der Waals surface area contributed by atoms with E-state index in [2.05, 4.69) is 11.2 Å². The lowest BCUT2D eigenvalue weighted by Crippen LogP contribution is -1.98. The fourth-order valence-corrected chi connectivity index (χ4v) is 0.923. The Morgan fingerprint density at radius 2 is 2.56 bits per heavy atom. The first-order chi connectivity index (χ1) is 4.30. The van der Waals surface area contributed by atoms with Crippen molar-refractivity contribution in [3.05, 3.63) is 24.4 Å². The Bertz CT molecular complexity index is 176. The third kappa shape index (κ3) is 1.69. The number of nitrogens with zero attached hydrogens (tertiary/aromatic N) is 1. The zero-order valence-corrected chi connectivity index (χ0v) is 5.81. The first-order valence-electron chi connectivity index (χ1n) is 2.47. The standard InChI is InChI=1S/C6H6NOS/c1-9(8)6-4-2-3-5-7-6/h2-4H,1H3. The predicted molar refractivity (Wildman–Crippen MR) is 35.4 cm³/mol. The minimum Gasteiger partial charge on any atom is -0.610 e. The molecular weight excluding hydrogens is 134 g/mol. The Labute approximate surface area is 57.1 Å². The highest BCUT2D eigenvalue weighted by molar-refractivity contribution is 7.90. The van der Waals surface area contributed by atoms with Gasteiger partial charge >= 0.3 is 0 Å². The number of pyridine rings is 1. The molecule has 0 bridgehead atoms. The minimum absolute atomic E-state index is 0.581. The van der Waals surface area contributed by atoms with Crippen LogP contribution in [0, 0.1) is 6.20 Å². The van der Waals surface area contributed by atoms with Crippen LogP contribution in [-0.4, -0.2) is 15.8 Å². The first-order valence-corrected chi connectivity index (χ1v) is 4.03. The molecule has 1 radical (unpaired) electrons. The predicted octanol–water partition coefficient (Wildman–Crippen LogP) is 0.619. The van der Waals surface area contributed by atoms with Gasteiger partial charge in [-0.3, -0.25) is 0 Å². The number of hydrogen-bond acceptors (Lipinski definition) is 2. The van der Waals surface area contributed by atoms with Gasteiger partial charge in [0, 0.05) is 17.2 Å². The maximum atomic E-state index is 10.7. The molecule has 0 aliphatic carbocycles. The van der Waals surface area contributed by atoms with Crippen molar-refractivity contribution in [3.8, 4) is 0 Å². The van der Waals surface area contributed by atoms with Crippen molar-refractivity contribution in [1.82, 2.24) is 4.98 Å². The van der Waals surface area contributed by atoms with Crippen LogP contribution in [0.3, 0.4) is 0 Å². The van der Waals surface area contributed by atoms with Gasteiger partial charge < -0.3 is 4.55 Å². The molecule has 0 spiro atoms. The van der Waals surface area contributed by atoms with E-state index in [0.717, 1.165) is 0 Å². The van der Waals surface area contributed by atoms with E-state index in [0.29, 0.717) is 5.03 Å². The molecule has 9 heavy (non-hydrogen) atoms.